The molecule has 0 aliphatic heterocycles. The molecule has 1 amide bonds. The second-order valence-electron chi connectivity index (χ2n) is 7.78. The highest BCUT2D eigenvalue weighted by atomic mass is 32.2. The van der Waals surface area contributed by atoms with E-state index < -0.39 is 10.0 Å². The summed E-state index contributed by atoms with van der Waals surface area (Å²) in [4.78, 5) is 12.8. The average Bonchev–Trinajstić information content (AvgIpc) is 2.85. The molecule has 34 heavy (non-hydrogen) atoms. The van der Waals surface area contributed by atoms with E-state index in [-0.39, 0.29) is 15.9 Å². The minimum atomic E-state index is -3.55. The number of thiocarbonyl (C=S) groups is 1. The highest BCUT2D eigenvalue weighted by Crippen LogP contribution is 2.20. The number of anilines is 1. The molecule has 0 spiro atoms. The van der Waals surface area contributed by atoms with Crippen LogP contribution in [0.1, 0.15) is 37.0 Å². The van der Waals surface area contributed by atoms with E-state index in [1.807, 2.05) is 56.3 Å². The van der Waals surface area contributed by atoms with E-state index in [1.165, 1.54) is 4.31 Å². The van der Waals surface area contributed by atoms with Gasteiger partial charge in [0.15, 0.2) is 5.11 Å². The summed E-state index contributed by atoms with van der Waals surface area (Å²) >= 11 is 5.26. The molecular weight excluding hydrogens is 466 g/mol. The minimum Gasteiger partial charge on any atom is -0.332 e. The first-order valence-electron chi connectivity index (χ1n) is 11.2. The molecule has 0 aliphatic carbocycles. The first-order valence-corrected chi connectivity index (χ1v) is 13.1. The predicted octanol–water partition coefficient (Wildman–Crippen LogP) is 5.29. The van der Waals surface area contributed by atoms with Crippen LogP contribution >= 0.6 is 12.2 Å². The molecule has 0 aliphatic rings. The third-order valence-electron chi connectivity index (χ3n) is 5.18. The quantitative estimate of drug-likeness (QED) is 0.394. The number of benzene rings is 3. The molecule has 3 aromatic carbocycles. The zero-order chi connectivity index (χ0) is 24.6. The molecule has 178 valence electrons. The Hall–Kier alpha value is -3.07. The summed E-state index contributed by atoms with van der Waals surface area (Å²) in [7, 11) is -3.55. The van der Waals surface area contributed by atoms with E-state index in [2.05, 4.69) is 10.6 Å². The normalized spacial score (nSPS) is 11.3. The largest absolute Gasteiger partial charge is 0.332 e. The van der Waals surface area contributed by atoms with Gasteiger partial charge in [0, 0.05) is 24.3 Å². The SMILES string of the molecule is CCCN(CCC)S(=O)(=O)c1ccc(NC(=S)NC(=O)c2ccc(-c3ccccc3)cc2)cc1. The van der Waals surface area contributed by atoms with Crippen LogP contribution in [0.3, 0.4) is 0 Å². The standard InChI is InChI=1S/C26H29N3O3S2/c1-3-18-29(19-4-2)34(31,32)24-16-14-23(15-17-24)27-26(33)28-25(30)22-12-10-21(11-13-22)20-8-6-5-7-9-20/h5-17H,3-4,18-19H2,1-2H3,(H2,27,28,30,33). The fraction of sp³-hybridized carbons (Fsp3) is 0.231. The lowest BCUT2D eigenvalue weighted by atomic mass is 10.0. The molecule has 0 saturated heterocycles. The van der Waals surface area contributed by atoms with Gasteiger partial charge in [0.2, 0.25) is 10.0 Å². The van der Waals surface area contributed by atoms with Crippen LogP contribution in [0.5, 0.6) is 0 Å². The highest BCUT2D eigenvalue weighted by Gasteiger charge is 2.22. The smallest absolute Gasteiger partial charge is 0.257 e. The maximum atomic E-state index is 12.9. The Labute approximate surface area is 207 Å². The number of nitrogens with zero attached hydrogens (tertiary/aromatic N) is 1. The molecule has 0 heterocycles. The lowest BCUT2D eigenvalue weighted by Crippen LogP contribution is -2.34. The van der Waals surface area contributed by atoms with Crippen molar-refractivity contribution in [2.45, 2.75) is 31.6 Å². The molecule has 3 rings (SSSR count). The van der Waals surface area contributed by atoms with Crippen molar-refractivity contribution in [3.63, 3.8) is 0 Å². The molecular formula is C26H29N3O3S2. The zero-order valence-electron chi connectivity index (χ0n) is 19.3. The predicted molar refractivity (Wildman–Crippen MR) is 141 cm³/mol. The van der Waals surface area contributed by atoms with Crippen molar-refractivity contribution >= 4 is 38.9 Å². The molecule has 0 saturated carbocycles. The summed E-state index contributed by atoms with van der Waals surface area (Å²) in [6, 6.07) is 23.5. The van der Waals surface area contributed by atoms with E-state index in [0.717, 1.165) is 24.0 Å². The van der Waals surface area contributed by atoms with Gasteiger partial charge in [-0.05, 0) is 72.6 Å². The third kappa shape index (κ3) is 6.50. The van der Waals surface area contributed by atoms with Gasteiger partial charge in [-0.25, -0.2) is 8.42 Å². The van der Waals surface area contributed by atoms with Gasteiger partial charge < -0.3 is 5.32 Å². The molecule has 0 unspecified atom stereocenters. The maximum Gasteiger partial charge on any atom is 0.257 e. The number of amides is 1. The van der Waals surface area contributed by atoms with Crippen LogP contribution in [-0.2, 0) is 10.0 Å². The Balaban J connectivity index is 1.61. The number of carbonyl (C=O) groups is 1. The maximum absolute atomic E-state index is 12.9. The molecule has 0 atom stereocenters. The van der Waals surface area contributed by atoms with Crippen molar-refractivity contribution in [1.82, 2.24) is 9.62 Å². The van der Waals surface area contributed by atoms with E-state index in [0.29, 0.717) is 24.3 Å². The number of nitrogens with one attached hydrogen (secondary N) is 2. The molecule has 3 aromatic rings. The summed E-state index contributed by atoms with van der Waals surface area (Å²) in [5.41, 5.74) is 3.16. The highest BCUT2D eigenvalue weighted by molar-refractivity contribution is 7.89. The van der Waals surface area contributed by atoms with Crippen LogP contribution in [-0.4, -0.2) is 36.8 Å². The fourth-order valence-corrected chi connectivity index (χ4v) is 5.33. The Kier molecular flexibility index (Phi) is 8.92. The van der Waals surface area contributed by atoms with Gasteiger partial charge >= 0.3 is 0 Å². The summed E-state index contributed by atoms with van der Waals surface area (Å²) in [6.07, 6.45) is 1.50. The summed E-state index contributed by atoms with van der Waals surface area (Å²) in [5, 5.41) is 5.72. The average molecular weight is 496 g/mol. The molecule has 0 fully saturated rings. The van der Waals surface area contributed by atoms with E-state index in [4.69, 9.17) is 12.2 Å². The van der Waals surface area contributed by atoms with E-state index >= 15 is 0 Å². The zero-order valence-corrected chi connectivity index (χ0v) is 21.0. The van der Waals surface area contributed by atoms with Gasteiger partial charge in [0.05, 0.1) is 4.90 Å². The van der Waals surface area contributed by atoms with Crippen LogP contribution in [0.15, 0.2) is 83.8 Å². The Bertz CT molecular complexity index is 1200. The van der Waals surface area contributed by atoms with Crippen molar-refractivity contribution < 1.29 is 13.2 Å². The monoisotopic (exact) mass is 495 g/mol. The van der Waals surface area contributed by atoms with Gasteiger partial charge in [-0.1, -0.05) is 56.3 Å². The molecule has 2 N–H and O–H groups in total. The summed E-state index contributed by atoms with van der Waals surface area (Å²) in [5.74, 6) is -0.328. The van der Waals surface area contributed by atoms with Crippen LogP contribution < -0.4 is 10.6 Å². The lowest BCUT2D eigenvalue weighted by molar-refractivity contribution is 0.0977. The van der Waals surface area contributed by atoms with Gasteiger partial charge in [-0.3, -0.25) is 10.1 Å². The van der Waals surface area contributed by atoms with Gasteiger partial charge in [0.1, 0.15) is 0 Å². The summed E-state index contributed by atoms with van der Waals surface area (Å²) < 4.78 is 27.3. The van der Waals surface area contributed by atoms with Crippen LogP contribution in [0.4, 0.5) is 5.69 Å². The van der Waals surface area contributed by atoms with Crippen LogP contribution in [0.2, 0.25) is 0 Å². The lowest BCUT2D eigenvalue weighted by Gasteiger charge is -2.21. The topological polar surface area (TPSA) is 78.5 Å². The minimum absolute atomic E-state index is 0.131. The Morgan fingerprint density at radius 1 is 0.824 bits per heavy atom. The third-order valence-corrected chi connectivity index (χ3v) is 7.29. The van der Waals surface area contributed by atoms with Gasteiger partial charge in [-0.2, -0.15) is 4.31 Å². The van der Waals surface area contributed by atoms with Gasteiger partial charge in [-0.15, -0.1) is 0 Å². The Morgan fingerprint density at radius 2 is 1.38 bits per heavy atom. The van der Waals surface area contributed by atoms with Gasteiger partial charge in [0.25, 0.3) is 5.91 Å². The summed E-state index contributed by atoms with van der Waals surface area (Å²) in [6.45, 7) is 4.88. The van der Waals surface area contributed by atoms with Crippen LogP contribution in [0, 0.1) is 0 Å². The molecule has 0 radical (unpaired) electrons. The van der Waals surface area contributed by atoms with E-state index in [9.17, 15) is 13.2 Å². The molecule has 0 aromatic heterocycles. The van der Waals surface area contributed by atoms with Crippen molar-refractivity contribution in [2.75, 3.05) is 18.4 Å². The number of hydrogen-bond donors (Lipinski definition) is 2. The van der Waals surface area contributed by atoms with Crippen molar-refractivity contribution in [3.05, 3.63) is 84.4 Å². The number of carbonyl (C=O) groups excluding carboxylic acids is 1. The Morgan fingerprint density at radius 3 is 1.94 bits per heavy atom. The number of sulfonamides is 1. The molecule has 6 nitrogen and oxygen atoms in total. The second-order valence-corrected chi connectivity index (χ2v) is 10.1. The first-order chi connectivity index (χ1) is 16.3. The fourth-order valence-electron chi connectivity index (χ4n) is 3.49. The second kappa shape index (κ2) is 11.9. The van der Waals surface area contributed by atoms with Crippen molar-refractivity contribution in [3.8, 4) is 11.1 Å². The molecule has 8 heteroatoms. The van der Waals surface area contributed by atoms with Crippen molar-refractivity contribution in [2.24, 2.45) is 0 Å². The number of rotatable bonds is 9. The van der Waals surface area contributed by atoms with Crippen LogP contribution in [0.25, 0.3) is 11.1 Å². The van der Waals surface area contributed by atoms with Crippen molar-refractivity contribution in [1.29, 1.82) is 0 Å². The molecule has 0 bridgehead atoms. The first kappa shape index (κ1) is 25.6. The number of hydrogen-bond acceptors (Lipinski definition) is 4. The van der Waals surface area contributed by atoms with E-state index in [1.54, 1.807) is 36.4 Å².